The Morgan fingerprint density at radius 2 is 2.20 bits per heavy atom. The Labute approximate surface area is 62.9 Å². The Morgan fingerprint density at radius 1 is 1.50 bits per heavy atom. The molecule has 0 aliphatic carbocycles. The third-order valence-corrected chi connectivity index (χ3v) is 1.85. The normalized spacial score (nSPS) is 25.1. The third-order valence-electron chi connectivity index (χ3n) is 1.85. The Bertz CT molecular complexity index is 136. The minimum Gasteiger partial charge on any atom is -0.294 e. The standard InChI is InChI=1S/C8H16N2/c1-7(2)9-10-6-4-5-8(10)3/h8H,4-6H2,1-3H3. The number of nitrogens with zero attached hydrogens (tertiary/aromatic N) is 2. The van der Waals surface area contributed by atoms with Gasteiger partial charge in [0.05, 0.1) is 0 Å². The molecule has 10 heavy (non-hydrogen) atoms. The highest BCUT2D eigenvalue weighted by Gasteiger charge is 2.17. The van der Waals surface area contributed by atoms with Gasteiger partial charge in [-0.3, -0.25) is 5.01 Å². The zero-order valence-electron chi connectivity index (χ0n) is 7.09. The second-order valence-corrected chi connectivity index (χ2v) is 3.20. The highest BCUT2D eigenvalue weighted by Crippen LogP contribution is 2.16. The number of hydrazone groups is 1. The topological polar surface area (TPSA) is 15.6 Å². The summed E-state index contributed by atoms with van der Waals surface area (Å²) in [4.78, 5) is 0. The van der Waals surface area contributed by atoms with Crippen molar-refractivity contribution in [1.29, 1.82) is 0 Å². The van der Waals surface area contributed by atoms with E-state index in [1.807, 2.05) is 13.8 Å². The molecule has 0 saturated carbocycles. The average molecular weight is 140 g/mol. The van der Waals surface area contributed by atoms with Crippen LogP contribution in [0.4, 0.5) is 0 Å². The molecule has 0 amide bonds. The van der Waals surface area contributed by atoms with Crippen LogP contribution >= 0.6 is 0 Å². The van der Waals surface area contributed by atoms with Crippen molar-refractivity contribution in [1.82, 2.24) is 5.01 Å². The lowest BCUT2D eigenvalue weighted by Gasteiger charge is -2.17. The highest BCUT2D eigenvalue weighted by atomic mass is 15.5. The van der Waals surface area contributed by atoms with Gasteiger partial charge in [0, 0.05) is 18.3 Å². The second kappa shape index (κ2) is 3.04. The van der Waals surface area contributed by atoms with E-state index in [0.29, 0.717) is 6.04 Å². The van der Waals surface area contributed by atoms with E-state index in [9.17, 15) is 0 Å². The molecule has 0 spiro atoms. The van der Waals surface area contributed by atoms with E-state index in [-0.39, 0.29) is 0 Å². The molecule has 2 heteroatoms. The first kappa shape index (κ1) is 7.58. The van der Waals surface area contributed by atoms with Crippen LogP contribution in [0.2, 0.25) is 0 Å². The van der Waals surface area contributed by atoms with E-state index in [2.05, 4.69) is 17.0 Å². The van der Waals surface area contributed by atoms with Gasteiger partial charge in [0.2, 0.25) is 0 Å². The summed E-state index contributed by atoms with van der Waals surface area (Å²) < 4.78 is 0. The van der Waals surface area contributed by atoms with Gasteiger partial charge >= 0.3 is 0 Å². The van der Waals surface area contributed by atoms with Gasteiger partial charge in [-0.25, -0.2) is 0 Å². The number of hydrogen-bond donors (Lipinski definition) is 0. The molecule has 0 N–H and O–H groups in total. The molecule has 58 valence electrons. The lowest BCUT2D eigenvalue weighted by molar-refractivity contribution is 0.283. The van der Waals surface area contributed by atoms with Gasteiger partial charge in [-0.1, -0.05) is 0 Å². The van der Waals surface area contributed by atoms with Gasteiger partial charge in [-0.15, -0.1) is 0 Å². The van der Waals surface area contributed by atoms with E-state index < -0.39 is 0 Å². The molecular weight excluding hydrogens is 124 g/mol. The molecule has 0 aromatic heterocycles. The lowest BCUT2D eigenvalue weighted by Crippen LogP contribution is -2.21. The quantitative estimate of drug-likeness (QED) is 0.508. The number of rotatable bonds is 1. The summed E-state index contributed by atoms with van der Waals surface area (Å²) in [5.41, 5.74) is 1.16. The molecule has 1 saturated heterocycles. The maximum Gasteiger partial charge on any atom is 0.0443 e. The van der Waals surface area contributed by atoms with Gasteiger partial charge in [0.1, 0.15) is 0 Å². The van der Waals surface area contributed by atoms with Gasteiger partial charge in [-0.2, -0.15) is 5.10 Å². The van der Waals surface area contributed by atoms with Crippen LogP contribution in [0.1, 0.15) is 33.6 Å². The van der Waals surface area contributed by atoms with Crippen LogP contribution < -0.4 is 0 Å². The van der Waals surface area contributed by atoms with Crippen LogP contribution in [0.3, 0.4) is 0 Å². The van der Waals surface area contributed by atoms with Crippen molar-refractivity contribution in [2.45, 2.75) is 39.7 Å². The van der Waals surface area contributed by atoms with Crippen molar-refractivity contribution in [3.63, 3.8) is 0 Å². The molecule has 0 bridgehead atoms. The first-order valence-corrected chi connectivity index (χ1v) is 3.98. The van der Waals surface area contributed by atoms with Crippen LogP contribution in [0.15, 0.2) is 5.10 Å². The molecule has 1 unspecified atom stereocenters. The van der Waals surface area contributed by atoms with Crippen LogP contribution in [-0.2, 0) is 0 Å². The molecule has 1 heterocycles. The first-order valence-electron chi connectivity index (χ1n) is 3.98. The molecule has 0 radical (unpaired) electrons. The minimum atomic E-state index is 0.662. The summed E-state index contributed by atoms with van der Waals surface area (Å²) in [6.45, 7) is 7.47. The monoisotopic (exact) mass is 140 g/mol. The van der Waals surface area contributed by atoms with E-state index in [0.717, 1.165) is 12.3 Å². The Kier molecular flexibility index (Phi) is 2.30. The first-order chi connectivity index (χ1) is 4.70. The number of hydrogen-bond acceptors (Lipinski definition) is 2. The Hall–Kier alpha value is -0.530. The molecule has 2 nitrogen and oxygen atoms in total. The van der Waals surface area contributed by atoms with Crippen molar-refractivity contribution >= 4 is 5.71 Å². The van der Waals surface area contributed by atoms with Crippen molar-refractivity contribution in [3.05, 3.63) is 0 Å². The largest absolute Gasteiger partial charge is 0.294 e. The van der Waals surface area contributed by atoms with E-state index in [1.54, 1.807) is 0 Å². The lowest BCUT2D eigenvalue weighted by atomic mass is 10.3. The highest BCUT2D eigenvalue weighted by molar-refractivity contribution is 5.78. The smallest absolute Gasteiger partial charge is 0.0443 e. The Balaban J connectivity index is 2.48. The van der Waals surface area contributed by atoms with Crippen molar-refractivity contribution in [3.8, 4) is 0 Å². The molecule has 1 aliphatic rings. The average Bonchev–Trinajstić information content (AvgIpc) is 2.15. The summed E-state index contributed by atoms with van der Waals surface area (Å²) in [5.74, 6) is 0. The van der Waals surface area contributed by atoms with Gasteiger partial charge in [-0.05, 0) is 33.6 Å². The predicted octanol–water partition coefficient (Wildman–Crippen LogP) is 1.87. The maximum atomic E-state index is 4.41. The van der Waals surface area contributed by atoms with E-state index in [1.165, 1.54) is 12.8 Å². The SMILES string of the molecule is CC(C)=NN1CCCC1C. The molecule has 1 fully saturated rings. The summed E-state index contributed by atoms with van der Waals surface area (Å²) in [6.07, 6.45) is 2.61. The second-order valence-electron chi connectivity index (χ2n) is 3.20. The summed E-state index contributed by atoms with van der Waals surface area (Å²) in [7, 11) is 0. The molecular formula is C8H16N2. The van der Waals surface area contributed by atoms with Crippen LogP contribution in [-0.4, -0.2) is 23.3 Å². The summed E-state index contributed by atoms with van der Waals surface area (Å²) in [5, 5.41) is 6.60. The molecule has 0 aromatic carbocycles. The van der Waals surface area contributed by atoms with Crippen LogP contribution in [0.5, 0.6) is 0 Å². The zero-order valence-corrected chi connectivity index (χ0v) is 7.09. The fourth-order valence-electron chi connectivity index (χ4n) is 1.32. The van der Waals surface area contributed by atoms with Gasteiger partial charge in [0.25, 0.3) is 0 Å². The molecule has 0 aromatic rings. The van der Waals surface area contributed by atoms with Crippen molar-refractivity contribution in [2.24, 2.45) is 5.10 Å². The van der Waals surface area contributed by atoms with Crippen LogP contribution in [0, 0.1) is 0 Å². The molecule has 1 aliphatic heterocycles. The van der Waals surface area contributed by atoms with Gasteiger partial charge < -0.3 is 0 Å². The van der Waals surface area contributed by atoms with E-state index in [4.69, 9.17) is 0 Å². The molecule has 1 atom stereocenters. The minimum absolute atomic E-state index is 0.662. The fraction of sp³-hybridized carbons (Fsp3) is 0.875. The van der Waals surface area contributed by atoms with Gasteiger partial charge in [0.15, 0.2) is 0 Å². The zero-order chi connectivity index (χ0) is 7.56. The summed E-state index contributed by atoms with van der Waals surface area (Å²) >= 11 is 0. The predicted molar refractivity (Wildman–Crippen MR) is 44.2 cm³/mol. The van der Waals surface area contributed by atoms with E-state index >= 15 is 0 Å². The third kappa shape index (κ3) is 1.72. The fourth-order valence-corrected chi connectivity index (χ4v) is 1.32. The van der Waals surface area contributed by atoms with Crippen LogP contribution in [0.25, 0.3) is 0 Å². The van der Waals surface area contributed by atoms with Crippen molar-refractivity contribution in [2.75, 3.05) is 6.54 Å². The summed E-state index contributed by atoms with van der Waals surface area (Å²) in [6, 6.07) is 0.662. The van der Waals surface area contributed by atoms with Crippen molar-refractivity contribution < 1.29 is 0 Å². The maximum absolute atomic E-state index is 4.41. The molecule has 1 rings (SSSR count). The Morgan fingerprint density at radius 3 is 2.60 bits per heavy atom.